The Morgan fingerprint density at radius 3 is 1.74 bits per heavy atom. The highest BCUT2D eigenvalue weighted by Crippen LogP contribution is 2.53. The molecule has 0 saturated carbocycles. The number of nitrogens with zero attached hydrogens (tertiary/aromatic N) is 1. The Kier molecular flexibility index (Phi) is 7.92. The Bertz CT molecular complexity index is 3490. The van der Waals surface area contributed by atoms with E-state index in [4.69, 9.17) is 4.42 Å². The van der Waals surface area contributed by atoms with Crippen LogP contribution in [0.15, 0.2) is 217 Å². The minimum Gasteiger partial charge on any atom is -0.453 e. The SMILES string of the molecule is CC1(C)c2ccccc2-c2ccc(N(c3ccc(-c4ccccc4)cc3)c3c(-c4ccc5ccccc5c4)ccc4c3oc3c5ccccc5c(-c5ccccc5)cc43)cc21. The van der Waals surface area contributed by atoms with Gasteiger partial charge in [0.25, 0.3) is 0 Å². The van der Waals surface area contributed by atoms with E-state index in [2.05, 4.69) is 231 Å². The summed E-state index contributed by atoms with van der Waals surface area (Å²) in [6.45, 7) is 4.71. The average molecular weight is 780 g/mol. The van der Waals surface area contributed by atoms with Crippen LogP contribution in [0.1, 0.15) is 25.0 Å². The van der Waals surface area contributed by atoms with Crippen molar-refractivity contribution in [2.24, 2.45) is 0 Å². The minimum absolute atomic E-state index is 0.177. The van der Waals surface area contributed by atoms with E-state index in [1.807, 2.05) is 0 Å². The molecular weight excluding hydrogens is 739 g/mol. The molecule has 1 aliphatic carbocycles. The van der Waals surface area contributed by atoms with Crippen molar-refractivity contribution >= 4 is 60.5 Å². The van der Waals surface area contributed by atoms with Crippen LogP contribution in [-0.4, -0.2) is 0 Å². The van der Waals surface area contributed by atoms with Gasteiger partial charge in [-0.2, -0.15) is 0 Å². The topological polar surface area (TPSA) is 16.4 Å². The number of hydrogen-bond donors (Lipinski definition) is 0. The monoisotopic (exact) mass is 779 g/mol. The molecule has 0 unspecified atom stereocenters. The molecule has 2 nitrogen and oxygen atoms in total. The molecule has 0 atom stereocenters. The van der Waals surface area contributed by atoms with E-state index in [0.29, 0.717) is 0 Å². The molecule has 61 heavy (non-hydrogen) atoms. The van der Waals surface area contributed by atoms with E-state index < -0.39 is 0 Å². The van der Waals surface area contributed by atoms with Gasteiger partial charge < -0.3 is 9.32 Å². The zero-order valence-electron chi connectivity index (χ0n) is 34.1. The molecule has 0 saturated heterocycles. The van der Waals surface area contributed by atoms with E-state index in [-0.39, 0.29) is 5.41 Å². The van der Waals surface area contributed by atoms with Crippen LogP contribution in [0.5, 0.6) is 0 Å². The van der Waals surface area contributed by atoms with Gasteiger partial charge in [-0.05, 0) is 109 Å². The van der Waals surface area contributed by atoms with Crippen LogP contribution in [0.4, 0.5) is 17.1 Å². The highest BCUT2D eigenvalue weighted by molar-refractivity contribution is 6.22. The zero-order chi connectivity index (χ0) is 40.7. The maximum Gasteiger partial charge on any atom is 0.160 e. The number of hydrogen-bond acceptors (Lipinski definition) is 2. The van der Waals surface area contributed by atoms with Crippen molar-refractivity contribution in [3.05, 3.63) is 223 Å². The summed E-state index contributed by atoms with van der Waals surface area (Å²) in [6.07, 6.45) is 0. The van der Waals surface area contributed by atoms with Crippen molar-refractivity contribution < 1.29 is 4.42 Å². The molecule has 1 heterocycles. The van der Waals surface area contributed by atoms with Crippen molar-refractivity contribution in [3.63, 3.8) is 0 Å². The normalized spacial score (nSPS) is 12.9. The van der Waals surface area contributed by atoms with E-state index >= 15 is 0 Å². The van der Waals surface area contributed by atoms with Gasteiger partial charge in [0, 0.05) is 38.5 Å². The lowest BCUT2D eigenvalue weighted by molar-refractivity contribution is 0.660. The van der Waals surface area contributed by atoms with E-state index in [1.165, 1.54) is 60.7 Å². The molecule has 288 valence electrons. The summed E-state index contributed by atoms with van der Waals surface area (Å²) in [5, 5.41) is 6.87. The second kappa shape index (κ2) is 13.7. The second-order valence-corrected chi connectivity index (χ2v) is 16.9. The molecule has 0 radical (unpaired) electrons. The molecular formula is C59H41NO. The predicted molar refractivity (Wildman–Crippen MR) is 257 cm³/mol. The van der Waals surface area contributed by atoms with Gasteiger partial charge in [-0.15, -0.1) is 0 Å². The summed E-state index contributed by atoms with van der Waals surface area (Å²) in [5.41, 5.74) is 17.0. The first kappa shape index (κ1) is 35.3. The maximum atomic E-state index is 7.40. The fourth-order valence-corrected chi connectivity index (χ4v) is 9.99. The third-order valence-corrected chi connectivity index (χ3v) is 13.0. The Hall–Kier alpha value is -7.68. The Morgan fingerprint density at radius 2 is 0.934 bits per heavy atom. The molecule has 0 aliphatic heterocycles. The Morgan fingerprint density at radius 1 is 0.344 bits per heavy atom. The smallest absolute Gasteiger partial charge is 0.160 e. The molecule has 1 aliphatic rings. The first-order valence-corrected chi connectivity index (χ1v) is 21.2. The van der Waals surface area contributed by atoms with Crippen LogP contribution in [0, 0.1) is 0 Å². The molecule has 1 aromatic heterocycles. The standard InChI is InChI=1S/C59H41NO/c1-59(2)54-24-14-13-22-48(54)49-32-31-45(36-55(49)59)60(44-29-27-40(28-30-44)38-15-5-3-6-16-38)56-46(43-26-25-39-17-9-10-20-42(39)35-43)33-34-51-53-37-52(41-18-7-4-8-19-41)47-21-11-12-23-50(47)57(53)61-58(51)56/h3-37H,1-2H3. The minimum atomic E-state index is -0.177. The zero-order valence-corrected chi connectivity index (χ0v) is 34.1. The maximum absolute atomic E-state index is 7.40. The summed E-state index contributed by atoms with van der Waals surface area (Å²) >= 11 is 0. The van der Waals surface area contributed by atoms with Crippen LogP contribution in [0.25, 0.3) is 88.0 Å². The lowest BCUT2D eigenvalue weighted by Gasteiger charge is -2.30. The summed E-state index contributed by atoms with van der Waals surface area (Å²) in [5.74, 6) is 0. The number of furan rings is 1. The summed E-state index contributed by atoms with van der Waals surface area (Å²) in [6, 6.07) is 77.4. The van der Waals surface area contributed by atoms with Crippen molar-refractivity contribution in [2.75, 3.05) is 4.90 Å². The van der Waals surface area contributed by atoms with E-state index in [1.54, 1.807) is 0 Å². The van der Waals surface area contributed by atoms with Crippen LogP contribution in [0.2, 0.25) is 0 Å². The highest BCUT2D eigenvalue weighted by atomic mass is 16.3. The van der Waals surface area contributed by atoms with Crippen molar-refractivity contribution in [2.45, 2.75) is 19.3 Å². The van der Waals surface area contributed by atoms with Gasteiger partial charge in [0.05, 0.1) is 5.69 Å². The summed E-state index contributed by atoms with van der Waals surface area (Å²) < 4.78 is 7.40. The van der Waals surface area contributed by atoms with Gasteiger partial charge in [0.2, 0.25) is 0 Å². The van der Waals surface area contributed by atoms with Crippen molar-refractivity contribution in [1.29, 1.82) is 0 Å². The van der Waals surface area contributed by atoms with Gasteiger partial charge in [-0.25, -0.2) is 0 Å². The van der Waals surface area contributed by atoms with Gasteiger partial charge in [-0.1, -0.05) is 184 Å². The first-order valence-electron chi connectivity index (χ1n) is 21.2. The average Bonchev–Trinajstić information content (AvgIpc) is 3.81. The summed E-state index contributed by atoms with van der Waals surface area (Å²) in [7, 11) is 0. The molecule has 0 bridgehead atoms. The third-order valence-electron chi connectivity index (χ3n) is 13.0. The first-order chi connectivity index (χ1) is 30.0. The fraction of sp³-hybridized carbons (Fsp3) is 0.0508. The van der Waals surface area contributed by atoms with Gasteiger partial charge >= 0.3 is 0 Å². The molecule has 0 N–H and O–H groups in total. The molecule has 2 heteroatoms. The molecule has 0 fully saturated rings. The van der Waals surface area contributed by atoms with Gasteiger partial charge in [0.1, 0.15) is 5.58 Å². The summed E-state index contributed by atoms with van der Waals surface area (Å²) in [4.78, 5) is 2.45. The van der Waals surface area contributed by atoms with Crippen LogP contribution in [-0.2, 0) is 5.41 Å². The van der Waals surface area contributed by atoms with Crippen molar-refractivity contribution in [3.8, 4) is 44.5 Å². The number of rotatable bonds is 6. The van der Waals surface area contributed by atoms with Gasteiger partial charge in [0.15, 0.2) is 5.58 Å². The Labute approximate surface area is 355 Å². The third kappa shape index (κ3) is 5.56. The van der Waals surface area contributed by atoms with Crippen LogP contribution >= 0.6 is 0 Å². The molecule has 12 rings (SSSR count). The molecule has 0 spiro atoms. The molecule has 10 aromatic carbocycles. The van der Waals surface area contributed by atoms with Crippen LogP contribution in [0.3, 0.4) is 0 Å². The molecule has 11 aromatic rings. The van der Waals surface area contributed by atoms with E-state index in [9.17, 15) is 0 Å². The number of fused-ring (bicyclic) bond motifs is 9. The number of anilines is 3. The Balaban J connectivity index is 1.18. The number of benzene rings is 10. The highest BCUT2D eigenvalue weighted by Gasteiger charge is 2.36. The second-order valence-electron chi connectivity index (χ2n) is 16.9. The lowest BCUT2D eigenvalue weighted by Crippen LogP contribution is -2.17. The predicted octanol–water partition coefficient (Wildman–Crippen LogP) is 16.7. The quantitative estimate of drug-likeness (QED) is 0.167. The van der Waals surface area contributed by atoms with Gasteiger partial charge in [-0.3, -0.25) is 0 Å². The lowest BCUT2D eigenvalue weighted by atomic mass is 9.82. The van der Waals surface area contributed by atoms with E-state index in [0.717, 1.165) is 55.5 Å². The molecule has 0 amide bonds. The largest absolute Gasteiger partial charge is 0.453 e. The van der Waals surface area contributed by atoms with Crippen LogP contribution < -0.4 is 4.90 Å². The fourth-order valence-electron chi connectivity index (χ4n) is 9.99. The van der Waals surface area contributed by atoms with Crippen molar-refractivity contribution in [1.82, 2.24) is 0 Å².